The van der Waals surface area contributed by atoms with E-state index in [1.165, 1.54) is 0 Å². The Morgan fingerprint density at radius 2 is 1.72 bits per heavy atom. The molecule has 164 valence electrons. The van der Waals surface area contributed by atoms with E-state index in [1.807, 2.05) is 86.8 Å². The summed E-state index contributed by atoms with van der Waals surface area (Å²) in [6, 6.07) is 23.6. The SMILES string of the molecule is CCC(C(=O)Nc1ccc2c(c1)C(N(C)C(C)C)=Nc1ccccc1O2)c1ccccc1. The number of fused-ring (bicyclic) bond motifs is 2. The van der Waals surface area contributed by atoms with Gasteiger partial charge in [0.15, 0.2) is 5.75 Å². The van der Waals surface area contributed by atoms with Gasteiger partial charge in [0.25, 0.3) is 0 Å². The Hall–Kier alpha value is -3.60. The second-order valence-corrected chi connectivity index (χ2v) is 8.28. The molecule has 0 fully saturated rings. The minimum absolute atomic E-state index is 0.0211. The lowest BCUT2D eigenvalue weighted by molar-refractivity contribution is -0.117. The van der Waals surface area contributed by atoms with Crippen LogP contribution in [-0.4, -0.2) is 29.7 Å². The number of carbonyl (C=O) groups excluding carboxylic acids is 1. The summed E-state index contributed by atoms with van der Waals surface area (Å²) in [4.78, 5) is 20.1. The number of hydrogen-bond acceptors (Lipinski definition) is 4. The van der Waals surface area contributed by atoms with Crippen LogP contribution in [0, 0.1) is 0 Å². The van der Waals surface area contributed by atoms with Crippen molar-refractivity contribution in [2.45, 2.75) is 39.2 Å². The number of para-hydroxylation sites is 2. The number of hydrogen-bond donors (Lipinski definition) is 1. The predicted molar refractivity (Wildman–Crippen MR) is 130 cm³/mol. The molecule has 0 aromatic heterocycles. The number of nitrogens with one attached hydrogen (secondary N) is 1. The lowest BCUT2D eigenvalue weighted by Gasteiger charge is -2.26. The molecule has 1 aliphatic heterocycles. The molecule has 0 saturated heterocycles. The highest BCUT2D eigenvalue weighted by Crippen LogP contribution is 2.39. The van der Waals surface area contributed by atoms with Gasteiger partial charge in [-0.2, -0.15) is 0 Å². The molecule has 0 radical (unpaired) electrons. The minimum Gasteiger partial charge on any atom is -0.454 e. The second-order valence-electron chi connectivity index (χ2n) is 8.28. The molecule has 32 heavy (non-hydrogen) atoms. The van der Waals surface area contributed by atoms with Gasteiger partial charge in [-0.15, -0.1) is 0 Å². The van der Waals surface area contributed by atoms with Crippen LogP contribution in [0.4, 0.5) is 11.4 Å². The monoisotopic (exact) mass is 427 g/mol. The number of anilines is 1. The van der Waals surface area contributed by atoms with E-state index in [-0.39, 0.29) is 17.9 Å². The van der Waals surface area contributed by atoms with Crippen molar-refractivity contribution >= 4 is 23.1 Å². The van der Waals surface area contributed by atoms with Gasteiger partial charge in [0.1, 0.15) is 17.3 Å². The first-order valence-electron chi connectivity index (χ1n) is 11.1. The van der Waals surface area contributed by atoms with Crippen LogP contribution >= 0.6 is 0 Å². The summed E-state index contributed by atoms with van der Waals surface area (Å²) in [7, 11) is 2.02. The number of rotatable bonds is 5. The van der Waals surface area contributed by atoms with Crippen LogP contribution < -0.4 is 10.1 Å². The normalized spacial score (nSPS) is 13.2. The Morgan fingerprint density at radius 3 is 2.44 bits per heavy atom. The van der Waals surface area contributed by atoms with E-state index in [4.69, 9.17) is 9.73 Å². The van der Waals surface area contributed by atoms with E-state index in [1.54, 1.807) is 0 Å². The maximum Gasteiger partial charge on any atom is 0.231 e. The topological polar surface area (TPSA) is 53.9 Å². The largest absolute Gasteiger partial charge is 0.454 e. The fourth-order valence-electron chi connectivity index (χ4n) is 3.80. The van der Waals surface area contributed by atoms with Crippen LogP contribution in [0.2, 0.25) is 0 Å². The molecular formula is C27H29N3O2. The number of nitrogens with zero attached hydrogens (tertiary/aromatic N) is 2. The molecule has 1 unspecified atom stereocenters. The third-order valence-corrected chi connectivity index (χ3v) is 5.83. The number of amidine groups is 1. The van der Waals surface area contributed by atoms with E-state index >= 15 is 0 Å². The minimum atomic E-state index is -0.206. The smallest absolute Gasteiger partial charge is 0.231 e. The van der Waals surface area contributed by atoms with E-state index in [2.05, 4.69) is 24.1 Å². The summed E-state index contributed by atoms with van der Waals surface area (Å²) in [6.45, 7) is 6.27. The zero-order valence-corrected chi connectivity index (χ0v) is 19.0. The van der Waals surface area contributed by atoms with Crippen molar-refractivity contribution in [3.05, 3.63) is 83.9 Å². The van der Waals surface area contributed by atoms with E-state index < -0.39 is 0 Å². The third-order valence-electron chi connectivity index (χ3n) is 5.83. The molecule has 1 N–H and O–H groups in total. The summed E-state index contributed by atoms with van der Waals surface area (Å²) in [5, 5.41) is 3.10. The van der Waals surface area contributed by atoms with Crippen molar-refractivity contribution in [1.29, 1.82) is 0 Å². The molecule has 5 heteroatoms. The van der Waals surface area contributed by atoms with Crippen LogP contribution in [0.5, 0.6) is 11.5 Å². The molecule has 0 aliphatic carbocycles. The molecule has 1 aliphatic rings. The molecule has 1 heterocycles. The zero-order valence-electron chi connectivity index (χ0n) is 19.0. The first kappa shape index (κ1) is 21.6. The molecule has 0 saturated carbocycles. The number of ether oxygens (including phenoxy) is 1. The highest BCUT2D eigenvalue weighted by atomic mass is 16.5. The molecule has 1 atom stereocenters. The molecule has 4 rings (SSSR count). The Balaban J connectivity index is 1.70. The first-order valence-corrected chi connectivity index (χ1v) is 11.1. The quantitative estimate of drug-likeness (QED) is 0.517. The van der Waals surface area contributed by atoms with Gasteiger partial charge >= 0.3 is 0 Å². The zero-order chi connectivity index (χ0) is 22.7. The van der Waals surface area contributed by atoms with E-state index in [0.717, 1.165) is 34.8 Å². The van der Waals surface area contributed by atoms with Gasteiger partial charge in [0, 0.05) is 18.8 Å². The number of benzene rings is 3. The van der Waals surface area contributed by atoms with Crippen LogP contribution in [0.25, 0.3) is 0 Å². The lowest BCUT2D eigenvalue weighted by Crippen LogP contribution is -2.33. The fourth-order valence-corrected chi connectivity index (χ4v) is 3.80. The van der Waals surface area contributed by atoms with Gasteiger partial charge in [-0.3, -0.25) is 4.79 Å². The van der Waals surface area contributed by atoms with Crippen molar-refractivity contribution in [2.75, 3.05) is 12.4 Å². The van der Waals surface area contributed by atoms with Crippen LogP contribution in [0.15, 0.2) is 77.8 Å². The lowest BCUT2D eigenvalue weighted by atomic mass is 9.95. The van der Waals surface area contributed by atoms with E-state index in [9.17, 15) is 4.79 Å². The number of carbonyl (C=O) groups is 1. The summed E-state index contributed by atoms with van der Waals surface area (Å²) in [6.07, 6.45) is 0.724. The first-order chi connectivity index (χ1) is 15.5. The molecule has 0 spiro atoms. The van der Waals surface area contributed by atoms with Crippen molar-refractivity contribution < 1.29 is 9.53 Å². The second kappa shape index (κ2) is 9.27. The molecule has 0 bridgehead atoms. The van der Waals surface area contributed by atoms with Crippen LogP contribution in [0.3, 0.4) is 0 Å². The Labute approximate surface area is 189 Å². The third kappa shape index (κ3) is 4.37. The summed E-state index contributed by atoms with van der Waals surface area (Å²) in [5.41, 5.74) is 3.38. The summed E-state index contributed by atoms with van der Waals surface area (Å²) >= 11 is 0. The fraction of sp³-hybridized carbons (Fsp3) is 0.259. The summed E-state index contributed by atoms with van der Waals surface area (Å²) in [5.74, 6) is 2.02. The van der Waals surface area contributed by atoms with Crippen LogP contribution in [-0.2, 0) is 4.79 Å². The molecule has 3 aromatic carbocycles. The van der Waals surface area contributed by atoms with Gasteiger partial charge in [0.05, 0.1) is 11.5 Å². The van der Waals surface area contributed by atoms with Crippen molar-refractivity contribution in [1.82, 2.24) is 4.90 Å². The van der Waals surface area contributed by atoms with Crippen molar-refractivity contribution in [3.63, 3.8) is 0 Å². The number of aliphatic imine (C=N–C) groups is 1. The average molecular weight is 428 g/mol. The summed E-state index contributed by atoms with van der Waals surface area (Å²) < 4.78 is 6.21. The van der Waals surface area contributed by atoms with E-state index in [0.29, 0.717) is 11.5 Å². The molecule has 1 amide bonds. The average Bonchev–Trinajstić information content (AvgIpc) is 2.96. The molecule has 5 nitrogen and oxygen atoms in total. The standard InChI is InChI=1S/C27H29N3O2/c1-5-21(19-11-7-6-8-12-19)27(31)28-20-15-16-24-22(17-20)26(30(4)18(2)3)29-23-13-9-10-14-25(23)32-24/h6-18,21H,5H2,1-4H3,(H,28,31). The van der Waals surface area contributed by atoms with Crippen molar-refractivity contribution in [3.8, 4) is 11.5 Å². The number of amides is 1. The molecular weight excluding hydrogens is 398 g/mol. The van der Waals surface area contributed by atoms with Gasteiger partial charge in [0.2, 0.25) is 5.91 Å². The maximum absolute atomic E-state index is 13.1. The highest BCUT2D eigenvalue weighted by Gasteiger charge is 2.24. The van der Waals surface area contributed by atoms with Crippen molar-refractivity contribution in [2.24, 2.45) is 4.99 Å². The van der Waals surface area contributed by atoms with Crippen LogP contribution in [0.1, 0.15) is 44.2 Å². The predicted octanol–water partition coefficient (Wildman–Crippen LogP) is 6.34. The van der Waals surface area contributed by atoms with Gasteiger partial charge in [-0.05, 0) is 56.2 Å². The maximum atomic E-state index is 13.1. The van der Waals surface area contributed by atoms with Gasteiger partial charge < -0.3 is 15.0 Å². The highest BCUT2D eigenvalue weighted by molar-refractivity contribution is 6.05. The Kier molecular flexibility index (Phi) is 6.26. The van der Waals surface area contributed by atoms with Gasteiger partial charge in [-0.1, -0.05) is 49.4 Å². The Morgan fingerprint density at radius 1 is 1.00 bits per heavy atom. The van der Waals surface area contributed by atoms with Gasteiger partial charge in [-0.25, -0.2) is 4.99 Å². The molecule has 3 aromatic rings. The Bertz CT molecular complexity index is 1140.